The van der Waals surface area contributed by atoms with E-state index in [0.717, 1.165) is 6.54 Å². The molecule has 2 atom stereocenters. The number of fused-ring (bicyclic) bond motifs is 1. The standard InChI is InChI=1S/C14H18N4S/c1-11(8-18-10-15-9-16-18)17-13-6-7-19-14-5-3-2-4-12(13)14/h2-5,9-11,13,17H,6-8H2,1H3/t11-,13-/m1/s1. The van der Waals surface area contributed by atoms with E-state index in [4.69, 9.17) is 0 Å². The molecule has 100 valence electrons. The zero-order chi connectivity index (χ0) is 13.1. The highest BCUT2D eigenvalue weighted by molar-refractivity contribution is 7.99. The number of aromatic nitrogens is 3. The molecule has 0 amide bonds. The molecule has 0 aliphatic carbocycles. The Kier molecular flexibility index (Phi) is 3.84. The second kappa shape index (κ2) is 5.75. The first-order chi connectivity index (χ1) is 9.33. The quantitative estimate of drug-likeness (QED) is 0.930. The molecule has 5 heteroatoms. The van der Waals surface area contributed by atoms with Gasteiger partial charge in [0.1, 0.15) is 12.7 Å². The van der Waals surface area contributed by atoms with Gasteiger partial charge in [0.15, 0.2) is 0 Å². The molecule has 2 heterocycles. The van der Waals surface area contributed by atoms with Crippen LogP contribution in [0, 0.1) is 0 Å². The van der Waals surface area contributed by atoms with Gasteiger partial charge in [0.2, 0.25) is 0 Å². The number of benzene rings is 1. The Bertz CT molecular complexity index is 526. The van der Waals surface area contributed by atoms with Gasteiger partial charge in [0, 0.05) is 17.0 Å². The summed E-state index contributed by atoms with van der Waals surface area (Å²) in [5.41, 5.74) is 1.43. The van der Waals surface area contributed by atoms with Crippen molar-refractivity contribution in [2.24, 2.45) is 0 Å². The fourth-order valence-corrected chi connectivity index (χ4v) is 3.64. The Balaban J connectivity index is 1.67. The van der Waals surface area contributed by atoms with Crippen LogP contribution in [0.3, 0.4) is 0 Å². The molecule has 1 aromatic carbocycles. The van der Waals surface area contributed by atoms with Gasteiger partial charge < -0.3 is 5.32 Å². The van der Waals surface area contributed by atoms with Crippen LogP contribution in [0.2, 0.25) is 0 Å². The topological polar surface area (TPSA) is 42.7 Å². The van der Waals surface area contributed by atoms with Crippen LogP contribution in [0.25, 0.3) is 0 Å². The summed E-state index contributed by atoms with van der Waals surface area (Å²) in [6, 6.07) is 9.53. The summed E-state index contributed by atoms with van der Waals surface area (Å²) in [4.78, 5) is 5.39. The summed E-state index contributed by atoms with van der Waals surface area (Å²) in [5.74, 6) is 1.19. The van der Waals surface area contributed by atoms with E-state index < -0.39 is 0 Å². The lowest BCUT2D eigenvalue weighted by Gasteiger charge is -2.28. The van der Waals surface area contributed by atoms with Crippen molar-refractivity contribution in [1.82, 2.24) is 20.1 Å². The van der Waals surface area contributed by atoms with E-state index in [1.165, 1.54) is 22.6 Å². The first-order valence-electron chi connectivity index (χ1n) is 6.63. The van der Waals surface area contributed by atoms with Crippen molar-refractivity contribution >= 4 is 11.8 Å². The second-order valence-electron chi connectivity index (χ2n) is 4.91. The van der Waals surface area contributed by atoms with Gasteiger partial charge in [-0.15, -0.1) is 11.8 Å². The zero-order valence-corrected chi connectivity index (χ0v) is 11.8. The highest BCUT2D eigenvalue weighted by atomic mass is 32.2. The van der Waals surface area contributed by atoms with Crippen molar-refractivity contribution in [3.8, 4) is 0 Å². The van der Waals surface area contributed by atoms with Gasteiger partial charge in [-0.2, -0.15) is 5.10 Å². The minimum atomic E-state index is 0.378. The highest BCUT2D eigenvalue weighted by Crippen LogP contribution is 2.35. The van der Waals surface area contributed by atoms with E-state index in [-0.39, 0.29) is 0 Å². The Morgan fingerprint density at radius 3 is 3.21 bits per heavy atom. The van der Waals surface area contributed by atoms with Gasteiger partial charge in [-0.3, -0.25) is 4.68 Å². The predicted molar refractivity (Wildman–Crippen MR) is 77.1 cm³/mol. The Morgan fingerprint density at radius 2 is 2.37 bits per heavy atom. The number of hydrogen-bond donors (Lipinski definition) is 1. The lowest BCUT2D eigenvalue weighted by atomic mass is 10.0. The zero-order valence-electron chi connectivity index (χ0n) is 11.0. The van der Waals surface area contributed by atoms with Crippen LogP contribution in [-0.4, -0.2) is 26.6 Å². The molecule has 0 saturated heterocycles. The largest absolute Gasteiger partial charge is 0.306 e. The van der Waals surface area contributed by atoms with E-state index in [9.17, 15) is 0 Å². The molecule has 0 radical (unpaired) electrons. The van der Waals surface area contributed by atoms with E-state index in [1.54, 1.807) is 12.7 Å². The van der Waals surface area contributed by atoms with Crippen molar-refractivity contribution in [2.75, 3.05) is 5.75 Å². The van der Waals surface area contributed by atoms with Crippen LogP contribution in [0.1, 0.15) is 24.9 Å². The molecule has 0 saturated carbocycles. The smallest absolute Gasteiger partial charge is 0.137 e. The fourth-order valence-electron chi connectivity index (χ4n) is 2.52. The van der Waals surface area contributed by atoms with E-state index >= 15 is 0 Å². The molecular formula is C14H18N4S. The van der Waals surface area contributed by atoms with E-state index in [0.29, 0.717) is 12.1 Å². The van der Waals surface area contributed by atoms with Crippen LogP contribution in [0.5, 0.6) is 0 Å². The molecule has 0 fully saturated rings. The number of hydrogen-bond acceptors (Lipinski definition) is 4. The molecule has 0 spiro atoms. The Morgan fingerprint density at radius 1 is 1.47 bits per heavy atom. The molecule has 1 aromatic heterocycles. The molecule has 1 aliphatic heterocycles. The van der Waals surface area contributed by atoms with Crippen LogP contribution in [0.15, 0.2) is 41.8 Å². The molecular weight excluding hydrogens is 256 g/mol. The molecule has 3 rings (SSSR count). The highest BCUT2D eigenvalue weighted by Gasteiger charge is 2.21. The SMILES string of the molecule is C[C@H](Cn1cncn1)N[C@@H]1CCSc2ccccc21. The number of thioether (sulfide) groups is 1. The fraction of sp³-hybridized carbons (Fsp3) is 0.429. The summed E-state index contributed by atoms with van der Waals surface area (Å²) in [7, 11) is 0. The molecule has 1 N–H and O–H groups in total. The number of nitrogens with zero attached hydrogens (tertiary/aromatic N) is 3. The molecule has 2 aromatic rings. The van der Waals surface area contributed by atoms with Gasteiger partial charge >= 0.3 is 0 Å². The first-order valence-corrected chi connectivity index (χ1v) is 7.61. The van der Waals surface area contributed by atoms with E-state index in [1.807, 2.05) is 16.4 Å². The summed E-state index contributed by atoms with van der Waals surface area (Å²) < 4.78 is 1.88. The average Bonchev–Trinajstić information content (AvgIpc) is 2.92. The summed E-state index contributed by atoms with van der Waals surface area (Å²) >= 11 is 1.96. The van der Waals surface area contributed by atoms with Gasteiger partial charge in [-0.25, -0.2) is 4.98 Å². The normalized spacial score (nSPS) is 19.9. The van der Waals surface area contributed by atoms with Gasteiger partial charge in [0.05, 0.1) is 6.54 Å². The number of nitrogens with one attached hydrogen (secondary N) is 1. The maximum absolute atomic E-state index is 4.16. The van der Waals surface area contributed by atoms with Crippen LogP contribution < -0.4 is 5.32 Å². The lowest BCUT2D eigenvalue weighted by molar-refractivity contribution is 0.389. The van der Waals surface area contributed by atoms with Gasteiger partial charge in [0.25, 0.3) is 0 Å². The van der Waals surface area contributed by atoms with Crippen molar-refractivity contribution in [1.29, 1.82) is 0 Å². The maximum atomic E-state index is 4.16. The third-order valence-corrected chi connectivity index (χ3v) is 4.49. The van der Waals surface area contributed by atoms with E-state index in [2.05, 4.69) is 46.6 Å². The minimum absolute atomic E-state index is 0.378. The molecule has 0 bridgehead atoms. The predicted octanol–water partition coefficient (Wildman–Crippen LogP) is 2.49. The maximum Gasteiger partial charge on any atom is 0.137 e. The molecule has 1 aliphatic rings. The third-order valence-electron chi connectivity index (χ3n) is 3.37. The van der Waals surface area contributed by atoms with Crippen molar-refractivity contribution < 1.29 is 0 Å². The molecule has 4 nitrogen and oxygen atoms in total. The summed E-state index contributed by atoms with van der Waals surface area (Å²) in [5, 5.41) is 7.87. The summed E-state index contributed by atoms with van der Waals surface area (Å²) in [6.45, 7) is 3.05. The van der Waals surface area contributed by atoms with Gasteiger partial charge in [-0.1, -0.05) is 18.2 Å². The Hall–Kier alpha value is -1.33. The van der Waals surface area contributed by atoms with Gasteiger partial charge in [-0.05, 0) is 30.7 Å². The average molecular weight is 274 g/mol. The Labute approximate surface area is 117 Å². The van der Waals surface area contributed by atoms with Crippen LogP contribution in [-0.2, 0) is 6.54 Å². The number of rotatable bonds is 4. The van der Waals surface area contributed by atoms with Crippen LogP contribution in [0.4, 0.5) is 0 Å². The monoisotopic (exact) mass is 274 g/mol. The first kappa shape index (κ1) is 12.7. The van der Waals surface area contributed by atoms with Crippen molar-refractivity contribution in [3.05, 3.63) is 42.5 Å². The summed E-state index contributed by atoms with van der Waals surface area (Å²) in [6.07, 6.45) is 4.53. The second-order valence-corrected chi connectivity index (χ2v) is 6.05. The van der Waals surface area contributed by atoms with Crippen LogP contribution >= 0.6 is 11.8 Å². The van der Waals surface area contributed by atoms with Crippen molar-refractivity contribution in [3.63, 3.8) is 0 Å². The molecule has 0 unspecified atom stereocenters. The minimum Gasteiger partial charge on any atom is -0.306 e. The molecule has 19 heavy (non-hydrogen) atoms. The van der Waals surface area contributed by atoms with Crippen molar-refractivity contribution in [2.45, 2.75) is 36.9 Å². The third kappa shape index (κ3) is 2.98. The lowest BCUT2D eigenvalue weighted by Crippen LogP contribution is -2.35.